The molecule has 274 valence electrons. The highest BCUT2D eigenvalue weighted by Gasteiger charge is 2.55. The first-order chi connectivity index (χ1) is 22.1. The lowest BCUT2D eigenvalue weighted by atomic mass is 9.95. The molecular weight excluding hydrogens is 646 g/mol. The SMILES string of the molecule is CC(=O)N[C@@H]1[C@@H](O[C@@H]2O[C@H](CO)[C@H](O)[C@H](O[C@H]3O[C@H](CO)[C@H](O)[C@H](O)[C@H]3O[C@@H]3O[C@@H](C)[C@@H](O)[C@@H](O)[C@@H]3O)[C@H]2O)[C@@H](O)[C@@H](CO)O[C@@H]1O. The van der Waals surface area contributed by atoms with E-state index in [2.05, 4.69) is 5.32 Å². The van der Waals surface area contributed by atoms with Gasteiger partial charge in [0.1, 0.15) is 91.5 Å². The quantitative estimate of drug-likeness (QED) is 0.101. The van der Waals surface area contributed by atoms with Crippen LogP contribution >= 0.6 is 0 Å². The van der Waals surface area contributed by atoms with Crippen LogP contribution in [-0.2, 0) is 38.0 Å². The number of hydrogen-bond acceptors (Lipinski definition) is 20. The summed E-state index contributed by atoms with van der Waals surface area (Å²) in [5, 5.41) is 127. The lowest BCUT2D eigenvalue weighted by Gasteiger charge is -2.49. The highest BCUT2D eigenvalue weighted by molar-refractivity contribution is 5.73. The van der Waals surface area contributed by atoms with E-state index < -0.39 is 148 Å². The molecule has 4 aliphatic rings. The summed E-state index contributed by atoms with van der Waals surface area (Å²) < 4.78 is 38.8. The van der Waals surface area contributed by atoms with Crippen molar-refractivity contribution in [3.63, 3.8) is 0 Å². The molecule has 0 aromatic rings. The molecule has 13 N–H and O–H groups in total. The van der Waals surface area contributed by atoms with E-state index in [1.807, 2.05) is 0 Å². The van der Waals surface area contributed by atoms with Gasteiger partial charge in [0.25, 0.3) is 0 Å². The summed E-state index contributed by atoms with van der Waals surface area (Å²) >= 11 is 0. The van der Waals surface area contributed by atoms with Gasteiger partial charge >= 0.3 is 0 Å². The third-order valence-corrected chi connectivity index (χ3v) is 8.57. The molecule has 4 saturated heterocycles. The van der Waals surface area contributed by atoms with Gasteiger partial charge in [-0.15, -0.1) is 0 Å². The maximum absolute atomic E-state index is 11.8. The topological polar surface area (TPSA) is 336 Å². The molecule has 0 unspecified atom stereocenters. The van der Waals surface area contributed by atoms with Crippen molar-refractivity contribution >= 4 is 5.91 Å². The van der Waals surface area contributed by atoms with Gasteiger partial charge in [0.15, 0.2) is 25.2 Å². The Morgan fingerprint density at radius 2 is 1.04 bits per heavy atom. The monoisotopic (exact) mass is 691 g/mol. The van der Waals surface area contributed by atoms with Crippen molar-refractivity contribution in [2.45, 2.75) is 137 Å². The van der Waals surface area contributed by atoms with Gasteiger partial charge in [0, 0.05) is 6.92 Å². The summed E-state index contributed by atoms with van der Waals surface area (Å²) in [6.07, 6.45) is -32.7. The molecule has 1 amide bonds. The first-order valence-electron chi connectivity index (χ1n) is 15.0. The Labute approximate surface area is 267 Å². The summed E-state index contributed by atoms with van der Waals surface area (Å²) in [5.74, 6) is -0.681. The minimum absolute atomic E-state index is 0.681. The van der Waals surface area contributed by atoms with Crippen molar-refractivity contribution in [1.82, 2.24) is 5.32 Å². The molecule has 20 atom stereocenters. The highest BCUT2D eigenvalue weighted by Crippen LogP contribution is 2.34. The standard InChI is InChI=1S/C26H45NO20/c1-6-12(32)16(36)18(38)24(41-6)47-22-17(37)13(33)8(3-28)44-26(22)46-21-15(35)10(5-30)43-25(19(21)39)45-20-11(27-7(2)31)23(40)42-9(4-29)14(20)34/h6,8-26,28-30,32-40H,3-5H2,1-2H3,(H,27,31)/t6-,8+,9+,10+,11+,12+,13-,14-,15-,16+,17-,18-,19+,20+,21-,22+,23-,24-,25-,26+/m0/s1. The molecule has 4 aliphatic heterocycles. The van der Waals surface area contributed by atoms with Crippen LogP contribution < -0.4 is 5.32 Å². The fraction of sp³-hybridized carbons (Fsp3) is 0.962. The fourth-order valence-corrected chi connectivity index (χ4v) is 5.86. The van der Waals surface area contributed by atoms with Gasteiger partial charge in [-0.05, 0) is 6.92 Å². The maximum atomic E-state index is 11.8. The summed E-state index contributed by atoms with van der Waals surface area (Å²) in [4.78, 5) is 11.8. The second-order valence-corrected chi connectivity index (χ2v) is 11.9. The number of ether oxygens (including phenoxy) is 7. The summed E-state index contributed by atoms with van der Waals surface area (Å²) in [6.45, 7) is -0.104. The summed E-state index contributed by atoms with van der Waals surface area (Å²) in [6, 6.07) is -1.47. The van der Waals surface area contributed by atoms with Crippen LogP contribution in [0, 0.1) is 0 Å². The zero-order chi connectivity index (χ0) is 34.9. The molecule has 47 heavy (non-hydrogen) atoms. The van der Waals surface area contributed by atoms with Crippen LogP contribution in [0.2, 0.25) is 0 Å². The van der Waals surface area contributed by atoms with Crippen LogP contribution in [-0.4, -0.2) is 210 Å². The first-order valence-corrected chi connectivity index (χ1v) is 15.0. The molecule has 0 aliphatic carbocycles. The molecule has 0 aromatic carbocycles. The van der Waals surface area contributed by atoms with E-state index in [0.717, 1.165) is 6.92 Å². The minimum atomic E-state index is -2.04. The Bertz CT molecular complexity index is 1010. The van der Waals surface area contributed by atoms with Crippen molar-refractivity contribution in [3.8, 4) is 0 Å². The molecule has 0 radical (unpaired) electrons. The van der Waals surface area contributed by atoms with Gasteiger partial charge in [-0.1, -0.05) is 0 Å². The lowest BCUT2D eigenvalue weighted by molar-refractivity contribution is -0.392. The molecule has 0 aromatic heterocycles. The third kappa shape index (κ3) is 8.04. The van der Waals surface area contributed by atoms with Gasteiger partial charge in [-0.25, -0.2) is 0 Å². The van der Waals surface area contributed by atoms with Crippen LogP contribution in [0.25, 0.3) is 0 Å². The van der Waals surface area contributed by atoms with Crippen molar-refractivity contribution in [2.75, 3.05) is 19.8 Å². The number of rotatable bonds is 10. The number of nitrogens with one attached hydrogen (secondary N) is 1. The minimum Gasteiger partial charge on any atom is -0.394 e. The normalized spacial score (nSPS) is 51.0. The number of aliphatic hydroxyl groups excluding tert-OH is 12. The van der Waals surface area contributed by atoms with Crippen LogP contribution in [0.4, 0.5) is 0 Å². The zero-order valence-electron chi connectivity index (χ0n) is 25.3. The number of hydrogen-bond donors (Lipinski definition) is 13. The Morgan fingerprint density at radius 1 is 0.553 bits per heavy atom. The maximum Gasteiger partial charge on any atom is 0.217 e. The molecule has 21 nitrogen and oxygen atoms in total. The molecular formula is C26H45NO20. The van der Waals surface area contributed by atoms with Crippen molar-refractivity contribution in [3.05, 3.63) is 0 Å². The van der Waals surface area contributed by atoms with E-state index in [4.69, 9.17) is 33.2 Å². The first kappa shape index (κ1) is 38.5. The van der Waals surface area contributed by atoms with Crippen LogP contribution in [0.1, 0.15) is 13.8 Å². The largest absolute Gasteiger partial charge is 0.394 e. The highest BCUT2D eigenvalue weighted by atomic mass is 16.8. The molecule has 0 bridgehead atoms. The molecule has 21 heteroatoms. The van der Waals surface area contributed by atoms with Crippen molar-refractivity contribution < 1.29 is 99.2 Å². The van der Waals surface area contributed by atoms with Crippen molar-refractivity contribution in [2.24, 2.45) is 0 Å². The predicted octanol–water partition coefficient (Wildman–Crippen LogP) is -8.58. The average Bonchev–Trinajstić information content (AvgIpc) is 3.03. The van der Waals surface area contributed by atoms with E-state index in [1.165, 1.54) is 6.92 Å². The van der Waals surface area contributed by atoms with Gasteiger partial charge in [0.2, 0.25) is 5.91 Å². The van der Waals surface area contributed by atoms with Gasteiger partial charge < -0.3 is 99.8 Å². The number of aliphatic hydroxyl groups is 12. The zero-order valence-corrected chi connectivity index (χ0v) is 25.3. The third-order valence-electron chi connectivity index (χ3n) is 8.57. The molecule has 4 fully saturated rings. The second kappa shape index (κ2) is 16.2. The second-order valence-electron chi connectivity index (χ2n) is 11.9. The van der Waals surface area contributed by atoms with Gasteiger partial charge in [-0.2, -0.15) is 0 Å². The smallest absolute Gasteiger partial charge is 0.217 e. The number of carbonyl (C=O) groups excluding carboxylic acids is 1. The van der Waals surface area contributed by atoms with E-state index in [-0.39, 0.29) is 0 Å². The lowest BCUT2D eigenvalue weighted by Crippen LogP contribution is -2.69. The summed E-state index contributed by atoms with van der Waals surface area (Å²) in [5.41, 5.74) is 0. The number of carbonyl (C=O) groups is 1. The van der Waals surface area contributed by atoms with Gasteiger partial charge in [0.05, 0.1) is 25.9 Å². The Balaban J connectivity index is 1.60. The predicted molar refractivity (Wildman–Crippen MR) is 144 cm³/mol. The average molecular weight is 692 g/mol. The molecule has 0 saturated carbocycles. The van der Waals surface area contributed by atoms with E-state index >= 15 is 0 Å². The Hall–Kier alpha value is -1.29. The Morgan fingerprint density at radius 3 is 1.64 bits per heavy atom. The molecule has 4 rings (SSSR count). The van der Waals surface area contributed by atoms with Crippen LogP contribution in [0.3, 0.4) is 0 Å². The summed E-state index contributed by atoms with van der Waals surface area (Å²) in [7, 11) is 0. The van der Waals surface area contributed by atoms with E-state index in [1.54, 1.807) is 0 Å². The van der Waals surface area contributed by atoms with E-state index in [9.17, 15) is 66.1 Å². The van der Waals surface area contributed by atoms with Crippen molar-refractivity contribution in [1.29, 1.82) is 0 Å². The number of amides is 1. The fourth-order valence-electron chi connectivity index (χ4n) is 5.86. The van der Waals surface area contributed by atoms with Crippen LogP contribution in [0.15, 0.2) is 0 Å². The van der Waals surface area contributed by atoms with Gasteiger partial charge in [-0.3, -0.25) is 4.79 Å². The Kier molecular flexibility index (Phi) is 13.2. The molecule has 4 heterocycles. The van der Waals surface area contributed by atoms with E-state index in [0.29, 0.717) is 0 Å². The van der Waals surface area contributed by atoms with Crippen LogP contribution in [0.5, 0.6) is 0 Å². The molecule has 0 spiro atoms.